The van der Waals surface area contributed by atoms with Crippen LogP contribution in [0.25, 0.3) is 0 Å². The summed E-state index contributed by atoms with van der Waals surface area (Å²) in [7, 11) is 3.91. The third-order valence-corrected chi connectivity index (χ3v) is 3.32. The SMILES string of the molecule is CNCc1cc(F)ccc1N(C)Cc1cccc(C)c1. The maximum Gasteiger partial charge on any atom is 0.123 e. The van der Waals surface area contributed by atoms with E-state index in [9.17, 15) is 4.39 Å². The Morgan fingerprint density at radius 3 is 2.65 bits per heavy atom. The molecule has 2 nitrogen and oxygen atoms in total. The highest BCUT2D eigenvalue weighted by Gasteiger charge is 2.09. The molecule has 0 aliphatic heterocycles. The normalized spacial score (nSPS) is 10.6. The van der Waals surface area contributed by atoms with Gasteiger partial charge in [0.1, 0.15) is 5.82 Å². The molecule has 0 aliphatic rings. The summed E-state index contributed by atoms with van der Waals surface area (Å²) < 4.78 is 13.4. The van der Waals surface area contributed by atoms with Crippen molar-refractivity contribution < 1.29 is 4.39 Å². The molecule has 0 spiro atoms. The Balaban J connectivity index is 2.22. The van der Waals surface area contributed by atoms with Gasteiger partial charge < -0.3 is 10.2 Å². The molecule has 2 rings (SSSR count). The van der Waals surface area contributed by atoms with Crippen molar-refractivity contribution in [2.45, 2.75) is 20.0 Å². The van der Waals surface area contributed by atoms with Gasteiger partial charge in [0.05, 0.1) is 0 Å². The quantitative estimate of drug-likeness (QED) is 0.896. The second-order valence-electron chi connectivity index (χ2n) is 5.15. The molecule has 0 heterocycles. The number of anilines is 1. The number of rotatable bonds is 5. The maximum atomic E-state index is 13.4. The van der Waals surface area contributed by atoms with Crippen LogP contribution in [0.5, 0.6) is 0 Å². The summed E-state index contributed by atoms with van der Waals surface area (Å²) in [5.74, 6) is -0.192. The van der Waals surface area contributed by atoms with E-state index in [1.807, 2.05) is 20.2 Å². The van der Waals surface area contributed by atoms with E-state index in [4.69, 9.17) is 0 Å². The summed E-state index contributed by atoms with van der Waals surface area (Å²) in [6.07, 6.45) is 0. The first-order chi connectivity index (χ1) is 9.60. The minimum Gasteiger partial charge on any atom is -0.370 e. The topological polar surface area (TPSA) is 15.3 Å². The molecule has 0 aromatic heterocycles. The van der Waals surface area contributed by atoms with Gasteiger partial charge in [-0.25, -0.2) is 4.39 Å². The Labute approximate surface area is 120 Å². The van der Waals surface area contributed by atoms with Gasteiger partial charge in [0, 0.05) is 25.8 Å². The van der Waals surface area contributed by atoms with Crippen molar-refractivity contribution >= 4 is 5.69 Å². The molecule has 20 heavy (non-hydrogen) atoms. The molecule has 2 aromatic rings. The smallest absolute Gasteiger partial charge is 0.123 e. The van der Waals surface area contributed by atoms with Gasteiger partial charge in [-0.15, -0.1) is 0 Å². The molecular formula is C17H21FN2. The van der Waals surface area contributed by atoms with Gasteiger partial charge in [0.15, 0.2) is 0 Å². The minimum absolute atomic E-state index is 0.192. The predicted molar refractivity (Wildman–Crippen MR) is 82.4 cm³/mol. The molecule has 0 atom stereocenters. The number of nitrogens with one attached hydrogen (secondary N) is 1. The second kappa shape index (κ2) is 6.53. The molecule has 2 aromatic carbocycles. The fraction of sp³-hybridized carbons (Fsp3) is 0.294. The molecule has 106 valence electrons. The van der Waals surface area contributed by atoms with Crippen LogP contribution >= 0.6 is 0 Å². The molecule has 0 radical (unpaired) electrons. The first-order valence-corrected chi connectivity index (χ1v) is 6.80. The lowest BCUT2D eigenvalue weighted by molar-refractivity contribution is 0.623. The van der Waals surface area contributed by atoms with E-state index in [1.165, 1.54) is 17.2 Å². The minimum atomic E-state index is -0.192. The summed E-state index contributed by atoms with van der Waals surface area (Å²) in [6.45, 7) is 3.56. The van der Waals surface area contributed by atoms with E-state index >= 15 is 0 Å². The Morgan fingerprint density at radius 2 is 1.95 bits per heavy atom. The van der Waals surface area contributed by atoms with E-state index < -0.39 is 0 Å². The maximum absolute atomic E-state index is 13.4. The number of halogens is 1. The van der Waals surface area contributed by atoms with E-state index in [0.717, 1.165) is 17.8 Å². The van der Waals surface area contributed by atoms with Crippen molar-refractivity contribution in [2.75, 3.05) is 19.0 Å². The number of aryl methyl sites for hydroxylation is 1. The molecule has 0 saturated heterocycles. The zero-order chi connectivity index (χ0) is 14.5. The van der Waals surface area contributed by atoms with Crippen LogP contribution in [0.2, 0.25) is 0 Å². The summed E-state index contributed by atoms with van der Waals surface area (Å²) in [4.78, 5) is 2.15. The zero-order valence-electron chi connectivity index (χ0n) is 12.3. The lowest BCUT2D eigenvalue weighted by Gasteiger charge is -2.23. The van der Waals surface area contributed by atoms with Crippen LogP contribution in [-0.4, -0.2) is 14.1 Å². The molecule has 0 unspecified atom stereocenters. The Morgan fingerprint density at radius 1 is 1.15 bits per heavy atom. The van der Waals surface area contributed by atoms with Crippen LogP contribution in [-0.2, 0) is 13.1 Å². The molecule has 0 saturated carbocycles. The van der Waals surface area contributed by atoms with Gasteiger partial charge in [-0.05, 0) is 43.3 Å². The van der Waals surface area contributed by atoms with Crippen molar-refractivity contribution in [1.82, 2.24) is 5.32 Å². The number of nitrogens with zero attached hydrogens (tertiary/aromatic N) is 1. The first-order valence-electron chi connectivity index (χ1n) is 6.80. The van der Waals surface area contributed by atoms with Gasteiger partial charge in [-0.2, -0.15) is 0 Å². The van der Waals surface area contributed by atoms with E-state index in [1.54, 1.807) is 6.07 Å². The molecule has 0 aliphatic carbocycles. The number of hydrogen-bond acceptors (Lipinski definition) is 2. The van der Waals surface area contributed by atoms with Crippen LogP contribution in [0, 0.1) is 12.7 Å². The van der Waals surface area contributed by atoms with Crippen LogP contribution < -0.4 is 10.2 Å². The average molecular weight is 272 g/mol. The van der Waals surface area contributed by atoms with Crippen molar-refractivity contribution in [2.24, 2.45) is 0 Å². The van der Waals surface area contributed by atoms with Gasteiger partial charge in [-0.1, -0.05) is 29.8 Å². The van der Waals surface area contributed by atoms with Gasteiger partial charge in [0.25, 0.3) is 0 Å². The largest absolute Gasteiger partial charge is 0.370 e. The molecular weight excluding hydrogens is 251 g/mol. The summed E-state index contributed by atoms with van der Waals surface area (Å²) >= 11 is 0. The van der Waals surface area contributed by atoms with Crippen LogP contribution in [0.15, 0.2) is 42.5 Å². The van der Waals surface area contributed by atoms with Crippen molar-refractivity contribution in [1.29, 1.82) is 0 Å². The average Bonchev–Trinajstić information content (AvgIpc) is 2.39. The van der Waals surface area contributed by atoms with Crippen molar-refractivity contribution in [3.63, 3.8) is 0 Å². The Kier molecular flexibility index (Phi) is 4.74. The molecule has 0 bridgehead atoms. The summed E-state index contributed by atoms with van der Waals surface area (Å²) in [5.41, 5.74) is 4.54. The Bertz CT molecular complexity index is 581. The molecule has 3 heteroatoms. The van der Waals surface area contributed by atoms with Crippen LogP contribution in [0.1, 0.15) is 16.7 Å². The fourth-order valence-corrected chi connectivity index (χ4v) is 2.43. The van der Waals surface area contributed by atoms with E-state index in [0.29, 0.717) is 6.54 Å². The highest BCUT2D eigenvalue weighted by molar-refractivity contribution is 5.53. The summed E-state index contributed by atoms with van der Waals surface area (Å²) in [6, 6.07) is 13.4. The molecule has 1 N–H and O–H groups in total. The van der Waals surface area contributed by atoms with Gasteiger partial charge in [-0.3, -0.25) is 0 Å². The predicted octanol–water partition coefficient (Wildman–Crippen LogP) is 3.49. The van der Waals surface area contributed by atoms with E-state index in [-0.39, 0.29) is 5.82 Å². The van der Waals surface area contributed by atoms with Crippen molar-refractivity contribution in [3.05, 3.63) is 65.0 Å². The highest BCUT2D eigenvalue weighted by atomic mass is 19.1. The third-order valence-electron chi connectivity index (χ3n) is 3.32. The lowest BCUT2D eigenvalue weighted by atomic mass is 10.1. The molecule has 0 amide bonds. The summed E-state index contributed by atoms with van der Waals surface area (Å²) in [5, 5.41) is 3.09. The fourth-order valence-electron chi connectivity index (χ4n) is 2.43. The van der Waals surface area contributed by atoms with Gasteiger partial charge >= 0.3 is 0 Å². The Hall–Kier alpha value is -1.87. The zero-order valence-corrected chi connectivity index (χ0v) is 12.3. The monoisotopic (exact) mass is 272 g/mol. The van der Waals surface area contributed by atoms with Gasteiger partial charge in [0.2, 0.25) is 0 Å². The lowest BCUT2D eigenvalue weighted by Crippen LogP contribution is -2.19. The highest BCUT2D eigenvalue weighted by Crippen LogP contribution is 2.22. The van der Waals surface area contributed by atoms with Crippen LogP contribution in [0.3, 0.4) is 0 Å². The third kappa shape index (κ3) is 3.58. The van der Waals surface area contributed by atoms with E-state index in [2.05, 4.69) is 41.4 Å². The standard InChI is InChI=1S/C17H21FN2/c1-13-5-4-6-14(9-13)12-20(3)17-8-7-16(18)10-15(17)11-19-2/h4-10,19H,11-12H2,1-3H3. The second-order valence-corrected chi connectivity index (χ2v) is 5.15. The number of hydrogen-bond donors (Lipinski definition) is 1. The van der Waals surface area contributed by atoms with Crippen molar-refractivity contribution in [3.8, 4) is 0 Å². The molecule has 0 fully saturated rings. The van der Waals surface area contributed by atoms with Crippen LogP contribution in [0.4, 0.5) is 10.1 Å². The first kappa shape index (κ1) is 14.5. The number of benzene rings is 2.